The van der Waals surface area contributed by atoms with Crippen LogP contribution >= 0.6 is 34.3 Å². The number of anilines is 1. The zero-order valence-corrected chi connectivity index (χ0v) is 22.7. The Balaban J connectivity index is 0.000000503. The van der Waals surface area contributed by atoms with Crippen LogP contribution in [0.25, 0.3) is 10.2 Å². The molecule has 0 atom stereocenters. The minimum absolute atomic E-state index is 0.0665. The van der Waals surface area contributed by atoms with Crippen molar-refractivity contribution < 1.29 is 21.9 Å². The molecule has 6 rings (SSSR count). The molecule has 0 bridgehead atoms. The summed E-state index contributed by atoms with van der Waals surface area (Å²) in [5, 5.41) is 3.59. The molecule has 0 saturated carbocycles. The highest BCUT2D eigenvalue weighted by molar-refractivity contribution is 7.89. The fourth-order valence-electron chi connectivity index (χ4n) is 4.56. The summed E-state index contributed by atoms with van der Waals surface area (Å²) in [5.41, 5.74) is 2.82. The van der Waals surface area contributed by atoms with E-state index in [1.165, 1.54) is 28.6 Å². The lowest BCUT2D eigenvalue weighted by Crippen LogP contribution is -2.60. The van der Waals surface area contributed by atoms with E-state index in [0.29, 0.717) is 18.1 Å². The third-order valence-electron chi connectivity index (χ3n) is 6.48. The first-order valence-electron chi connectivity index (χ1n) is 11.4. The molecule has 2 fully saturated rings. The first-order chi connectivity index (χ1) is 17.7. The second-order valence-corrected chi connectivity index (χ2v) is 13.0. The minimum atomic E-state index is -3.67. The van der Waals surface area contributed by atoms with E-state index in [0.717, 1.165) is 41.3 Å². The number of thiazole rings is 2. The molecule has 2 aromatic heterocycles. The average Bonchev–Trinajstić information content (AvgIpc) is 3.56. The third kappa shape index (κ3) is 5.88. The number of rotatable bonds is 5. The van der Waals surface area contributed by atoms with E-state index in [9.17, 15) is 17.2 Å². The van der Waals surface area contributed by atoms with E-state index in [-0.39, 0.29) is 16.1 Å². The lowest BCUT2D eigenvalue weighted by atomic mass is 9.73. The molecule has 0 amide bonds. The van der Waals surface area contributed by atoms with E-state index < -0.39 is 16.6 Å². The van der Waals surface area contributed by atoms with Gasteiger partial charge in [-0.15, -0.1) is 11.3 Å². The van der Waals surface area contributed by atoms with Crippen molar-refractivity contribution in [3.63, 3.8) is 0 Å². The van der Waals surface area contributed by atoms with Crippen molar-refractivity contribution in [2.75, 3.05) is 31.1 Å². The number of piperidine rings is 1. The Kier molecular flexibility index (Phi) is 7.64. The monoisotopic (exact) mass is 584 g/mol. The molecule has 7 nitrogen and oxygen atoms in total. The summed E-state index contributed by atoms with van der Waals surface area (Å²) >= 11 is 9.29. The van der Waals surface area contributed by atoms with Crippen LogP contribution in [0, 0.1) is 5.41 Å². The molecular formula is C24H23ClF2N4O3S3. The third-order valence-corrected chi connectivity index (χ3v) is 10.2. The van der Waals surface area contributed by atoms with Gasteiger partial charge in [0.2, 0.25) is 10.0 Å². The largest absolute Gasteiger partial charge is 0.435 e. The molecule has 0 radical (unpaired) electrons. The van der Waals surface area contributed by atoms with Gasteiger partial charge in [-0.25, -0.2) is 13.4 Å². The maximum Gasteiger partial charge on any atom is 0.387 e. The summed E-state index contributed by atoms with van der Waals surface area (Å²) in [4.78, 5) is 10.8. The van der Waals surface area contributed by atoms with Crippen molar-refractivity contribution in [1.82, 2.24) is 14.3 Å². The van der Waals surface area contributed by atoms with E-state index in [2.05, 4.69) is 14.6 Å². The average molecular weight is 585 g/mol. The van der Waals surface area contributed by atoms with Crippen molar-refractivity contribution in [2.45, 2.75) is 24.3 Å². The number of benzene rings is 2. The SMILES string of the molecule is O=S(=O)(c1ccc(OC(F)F)cc1)N1CCC2(CC1)CN(c1nc3ccc(Cl)cc3s1)C2.c1cscn1. The summed E-state index contributed by atoms with van der Waals surface area (Å²) in [5.74, 6) is -0.0665. The number of aromatic nitrogens is 2. The van der Waals surface area contributed by atoms with Gasteiger partial charge in [-0.1, -0.05) is 22.9 Å². The van der Waals surface area contributed by atoms with E-state index in [1.807, 2.05) is 23.6 Å². The Morgan fingerprint density at radius 1 is 1.08 bits per heavy atom. The lowest BCUT2D eigenvalue weighted by Gasteiger charge is -2.53. The Hall–Kier alpha value is -2.38. The van der Waals surface area contributed by atoms with Crippen LogP contribution in [0.1, 0.15) is 12.8 Å². The highest BCUT2D eigenvalue weighted by Gasteiger charge is 2.47. The fourth-order valence-corrected chi connectivity index (χ4v) is 7.59. The van der Waals surface area contributed by atoms with E-state index in [4.69, 9.17) is 16.6 Å². The first-order valence-corrected chi connectivity index (χ1v) is 15.0. The topological polar surface area (TPSA) is 75.6 Å². The molecule has 196 valence electrons. The normalized spacial score (nSPS) is 17.5. The highest BCUT2D eigenvalue weighted by atomic mass is 35.5. The maximum atomic E-state index is 13.0. The number of hydrogen-bond acceptors (Lipinski definition) is 8. The first kappa shape index (κ1) is 26.2. The molecule has 2 aliphatic heterocycles. The van der Waals surface area contributed by atoms with Crippen molar-refractivity contribution in [2.24, 2.45) is 5.41 Å². The Bertz CT molecular complexity index is 1420. The number of alkyl halides is 2. The van der Waals surface area contributed by atoms with Gasteiger partial charge >= 0.3 is 6.61 Å². The zero-order chi connectivity index (χ0) is 26.0. The number of sulfonamides is 1. The Morgan fingerprint density at radius 2 is 1.81 bits per heavy atom. The van der Waals surface area contributed by atoms with Crippen molar-refractivity contribution in [3.05, 3.63) is 64.6 Å². The van der Waals surface area contributed by atoms with Gasteiger partial charge in [0, 0.05) is 48.2 Å². The van der Waals surface area contributed by atoms with Gasteiger partial charge in [-0.3, -0.25) is 4.98 Å². The summed E-state index contributed by atoms with van der Waals surface area (Å²) in [6.45, 7) is -0.373. The quantitative estimate of drug-likeness (QED) is 0.287. The molecule has 1 spiro atoms. The van der Waals surface area contributed by atoms with Gasteiger partial charge in [-0.05, 0) is 55.3 Å². The van der Waals surface area contributed by atoms with Gasteiger partial charge in [0.25, 0.3) is 0 Å². The highest BCUT2D eigenvalue weighted by Crippen LogP contribution is 2.45. The van der Waals surface area contributed by atoms with E-state index in [1.54, 1.807) is 34.4 Å². The molecule has 2 aromatic carbocycles. The van der Waals surface area contributed by atoms with Gasteiger partial charge < -0.3 is 9.64 Å². The van der Waals surface area contributed by atoms with Gasteiger partial charge in [0.15, 0.2) is 5.13 Å². The fraction of sp³-hybridized carbons (Fsp3) is 0.333. The summed E-state index contributed by atoms with van der Waals surface area (Å²) in [6.07, 6.45) is 3.31. The smallest absolute Gasteiger partial charge is 0.387 e. The second kappa shape index (κ2) is 10.8. The predicted octanol–water partition coefficient (Wildman–Crippen LogP) is 5.99. The van der Waals surface area contributed by atoms with Crippen molar-refractivity contribution in [3.8, 4) is 5.75 Å². The lowest BCUT2D eigenvalue weighted by molar-refractivity contribution is -0.0498. The summed E-state index contributed by atoms with van der Waals surface area (Å²) in [6, 6.07) is 10.8. The molecule has 2 aliphatic rings. The minimum Gasteiger partial charge on any atom is -0.435 e. The molecule has 4 aromatic rings. The Morgan fingerprint density at radius 3 is 2.41 bits per heavy atom. The molecule has 0 aliphatic carbocycles. The van der Waals surface area contributed by atoms with Crippen LogP contribution in [0.3, 0.4) is 0 Å². The van der Waals surface area contributed by atoms with Crippen LogP contribution in [0.15, 0.2) is 64.4 Å². The number of fused-ring (bicyclic) bond motifs is 1. The number of nitrogens with zero attached hydrogens (tertiary/aromatic N) is 4. The second-order valence-electron chi connectivity index (χ2n) is 8.89. The zero-order valence-electron chi connectivity index (χ0n) is 19.5. The van der Waals surface area contributed by atoms with Gasteiger partial charge in [0.05, 0.1) is 20.6 Å². The number of ether oxygens (including phenoxy) is 1. The van der Waals surface area contributed by atoms with Crippen LogP contribution in [0.5, 0.6) is 5.75 Å². The van der Waals surface area contributed by atoms with Crippen LogP contribution in [-0.2, 0) is 10.0 Å². The maximum absolute atomic E-state index is 13.0. The van der Waals surface area contributed by atoms with Gasteiger partial charge in [-0.2, -0.15) is 13.1 Å². The number of halogens is 3. The molecule has 0 N–H and O–H groups in total. The Labute approximate surface area is 226 Å². The van der Waals surface area contributed by atoms with Crippen molar-refractivity contribution in [1.29, 1.82) is 0 Å². The van der Waals surface area contributed by atoms with Crippen LogP contribution < -0.4 is 9.64 Å². The van der Waals surface area contributed by atoms with Crippen LogP contribution in [0.2, 0.25) is 5.02 Å². The number of hydrogen-bond donors (Lipinski definition) is 0. The standard InChI is InChI=1S/C21H20ClF2N3O3S2.C3H3NS/c22-14-1-6-17-18(11-14)31-20(25-17)26-12-21(13-26)7-9-27(10-8-21)32(28,29)16-4-2-15(3-5-16)30-19(23)24;1-2-5-3-4-1/h1-6,11,19H,7-10,12-13H2;1-3H. The molecular weight excluding hydrogens is 562 g/mol. The van der Waals surface area contributed by atoms with Crippen LogP contribution in [0.4, 0.5) is 13.9 Å². The predicted molar refractivity (Wildman–Crippen MR) is 142 cm³/mol. The summed E-state index contributed by atoms with van der Waals surface area (Å²) < 4.78 is 57.3. The van der Waals surface area contributed by atoms with Gasteiger partial charge in [0.1, 0.15) is 5.75 Å². The molecule has 4 heterocycles. The van der Waals surface area contributed by atoms with Crippen molar-refractivity contribution >= 4 is 59.6 Å². The summed E-state index contributed by atoms with van der Waals surface area (Å²) in [7, 11) is -3.67. The molecule has 37 heavy (non-hydrogen) atoms. The molecule has 0 unspecified atom stereocenters. The van der Waals surface area contributed by atoms with Crippen LogP contribution in [-0.4, -0.2) is 55.5 Å². The van der Waals surface area contributed by atoms with E-state index >= 15 is 0 Å². The molecule has 2 saturated heterocycles. The molecule has 13 heteroatoms.